The van der Waals surface area contributed by atoms with Crippen molar-refractivity contribution < 1.29 is 22.8 Å². The molecule has 24 heavy (non-hydrogen) atoms. The van der Waals surface area contributed by atoms with E-state index >= 15 is 0 Å². The topological polar surface area (TPSA) is 76.8 Å². The quantitative estimate of drug-likeness (QED) is 0.506. The van der Waals surface area contributed by atoms with Crippen molar-refractivity contribution in [2.24, 2.45) is 5.10 Å². The summed E-state index contributed by atoms with van der Waals surface area (Å²) < 4.78 is 42.9. The number of hydrogen-bond acceptors (Lipinski definition) is 5. The Kier molecular flexibility index (Phi) is 5.02. The van der Waals surface area contributed by atoms with Gasteiger partial charge in [0.2, 0.25) is 0 Å². The van der Waals surface area contributed by atoms with Crippen molar-refractivity contribution in [1.82, 2.24) is 0 Å². The molecule has 9 heteroatoms. The summed E-state index contributed by atoms with van der Waals surface area (Å²) in [6.45, 7) is 0. The fourth-order valence-electron chi connectivity index (χ4n) is 1.85. The molecule has 126 valence electrons. The normalized spacial score (nSPS) is 11.5. The third kappa shape index (κ3) is 4.22. The van der Waals surface area contributed by atoms with Crippen LogP contribution in [0, 0.1) is 10.1 Å². The molecule has 0 fully saturated rings. The molecule has 0 spiro atoms. The van der Waals surface area contributed by atoms with E-state index in [1.54, 1.807) is 24.3 Å². The van der Waals surface area contributed by atoms with E-state index in [0.29, 0.717) is 17.4 Å². The van der Waals surface area contributed by atoms with Crippen LogP contribution in [-0.2, 0) is 6.18 Å². The smallest absolute Gasteiger partial charge is 0.416 e. The lowest BCUT2D eigenvalue weighted by Crippen LogP contribution is -2.06. The van der Waals surface area contributed by atoms with Crippen LogP contribution in [0.15, 0.2) is 47.6 Å². The largest absolute Gasteiger partial charge is 0.497 e. The first-order valence-corrected chi connectivity index (χ1v) is 6.60. The maximum Gasteiger partial charge on any atom is 0.416 e. The molecule has 2 rings (SSSR count). The van der Waals surface area contributed by atoms with Crippen molar-refractivity contribution in [3.63, 3.8) is 0 Å². The molecule has 2 aromatic rings. The zero-order valence-electron chi connectivity index (χ0n) is 12.4. The average molecular weight is 339 g/mol. The highest BCUT2D eigenvalue weighted by atomic mass is 19.4. The molecule has 0 aliphatic carbocycles. The molecule has 1 N–H and O–H groups in total. The van der Waals surface area contributed by atoms with Crippen LogP contribution in [0.3, 0.4) is 0 Å². The van der Waals surface area contributed by atoms with Gasteiger partial charge in [-0.3, -0.25) is 15.5 Å². The van der Waals surface area contributed by atoms with E-state index in [-0.39, 0.29) is 5.69 Å². The Bertz CT molecular complexity index is 776. The van der Waals surface area contributed by atoms with E-state index < -0.39 is 22.4 Å². The molecule has 0 radical (unpaired) electrons. The zero-order valence-corrected chi connectivity index (χ0v) is 12.4. The number of methoxy groups -OCH3 is 1. The van der Waals surface area contributed by atoms with Gasteiger partial charge in [0, 0.05) is 6.07 Å². The van der Waals surface area contributed by atoms with Crippen LogP contribution in [-0.4, -0.2) is 18.2 Å². The lowest BCUT2D eigenvalue weighted by atomic mass is 10.1. The molecule has 0 bridgehead atoms. The first kappa shape index (κ1) is 17.3. The molecule has 0 saturated heterocycles. The summed E-state index contributed by atoms with van der Waals surface area (Å²) >= 11 is 0. The average Bonchev–Trinajstić information content (AvgIpc) is 2.54. The minimum Gasteiger partial charge on any atom is -0.497 e. The first-order chi connectivity index (χ1) is 11.3. The Hall–Kier alpha value is -3.10. The van der Waals surface area contributed by atoms with Gasteiger partial charge >= 0.3 is 6.18 Å². The molecule has 0 aliphatic rings. The summed E-state index contributed by atoms with van der Waals surface area (Å²) in [6.07, 6.45) is -3.29. The van der Waals surface area contributed by atoms with Crippen LogP contribution in [0.4, 0.5) is 24.5 Å². The number of hydrazone groups is 1. The number of nitro groups is 1. The molecule has 6 nitrogen and oxygen atoms in total. The monoisotopic (exact) mass is 339 g/mol. The van der Waals surface area contributed by atoms with E-state index in [4.69, 9.17) is 4.74 Å². The van der Waals surface area contributed by atoms with Crippen molar-refractivity contribution in [3.05, 3.63) is 63.7 Å². The number of nitrogens with zero attached hydrogens (tertiary/aromatic N) is 2. The number of hydrogen-bond donors (Lipinski definition) is 1. The van der Waals surface area contributed by atoms with Gasteiger partial charge in [0.15, 0.2) is 0 Å². The second-order valence-electron chi connectivity index (χ2n) is 4.63. The van der Waals surface area contributed by atoms with Crippen molar-refractivity contribution in [1.29, 1.82) is 0 Å². The molecule has 0 aliphatic heterocycles. The molecule has 0 amide bonds. The highest BCUT2D eigenvalue weighted by molar-refractivity contribution is 5.81. The van der Waals surface area contributed by atoms with Crippen molar-refractivity contribution in [3.8, 4) is 5.75 Å². The number of nitro benzene ring substituents is 1. The summed E-state index contributed by atoms with van der Waals surface area (Å²) in [5, 5.41) is 14.8. The summed E-state index contributed by atoms with van der Waals surface area (Å²) in [6, 6.07) is 9.01. The maximum absolute atomic E-state index is 12.6. The fourth-order valence-corrected chi connectivity index (χ4v) is 1.85. The maximum atomic E-state index is 12.6. The van der Waals surface area contributed by atoms with E-state index in [1.165, 1.54) is 13.3 Å². The number of ether oxygens (including phenoxy) is 1. The van der Waals surface area contributed by atoms with E-state index in [9.17, 15) is 23.3 Å². The van der Waals surface area contributed by atoms with Crippen LogP contribution in [0.2, 0.25) is 0 Å². The molecule has 0 heterocycles. The minimum absolute atomic E-state index is 0.146. The van der Waals surface area contributed by atoms with Gasteiger partial charge in [0.1, 0.15) is 11.4 Å². The molecular formula is C15H12F3N3O3. The highest BCUT2D eigenvalue weighted by Gasteiger charge is 2.33. The first-order valence-electron chi connectivity index (χ1n) is 6.60. The third-order valence-corrected chi connectivity index (χ3v) is 3.01. The molecule has 0 atom stereocenters. The van der Waals surface area contributed by atoms with Gasteiger partial charge in [-0.05, 0) is 29.8 Å². The van der Waals surface area contributed by atoms with Crippen LogP contribution in [0.1, 0.15) is 11.1 Å². The molecular weight excluding hydrogens is 327 g/mol. The summed E-state index contributed by atoms with van der Waals surface area (Å²) in [7, 11) is 1.50. The van der Waals surface area contributed by atoms with Gasteiger partial charge in [0.05, 0.1) is 23.8 Å². The summed E-state index contributed by atoms with van der Waals surface area (Å²) in [4.78, 5) is 10.0. The molecule has 0 unspecified atom stereocenters. The predicted octanol–water partition coefficient (Wildman–Crippen LogP) is 4.07. The Balaban J connectivity index is 2.22. The van der Waals surface area contributed by atoms with Gasteiger partial charge in [-0.15, -0.1) is 0 Å². The third-order valence-electron chi connectivity index (χ3n) is 3.01. The number of benzene rings is 2. The van der Waals surface area contributed by atoms with Gasteiger partial charge in [-0.1, -0.05) is 12.1 Å². The van der Waals surface area contributed by atoms with Gasteiger partial charge in [0.25, 0.3) is 5.69 Å². The van der Waals surface area contributed by atoms with E-state index in [2.05, 4.69) is 10.5 Å². The number of halogens is 3. The summed E-state index contributed by atoms with van der Waals surface area (Å²) in [5.74, 6) is 0.597. The van der Waals surface area contributed by atoms with Crippen molar-refractivity contribution in [2.45, 2.75) is 6.18 Å². The van der Waals surface area contributed by atoms with Crippen molar-refractivity contribution >= 4 is 17.6 Å². The van der Waals surface area contributed by atoms with Gasteiger partial charge in [-0.25, -0.2) is 0 Å². The number of nitrogens with one attached hydrogen (secondary N) is 1. The predicted molar refractivity (Wildman–Crippen MR) is 82.3 cm³/mol. The van der Waals surface area contributed by atoms with Crippen LogP contribution < -0.4 is 10.2 Å². The Morgan fingerprint density at radius 3 is 2.62 bits per heavy atom. The van der Waals surface area contributed by atoms with Crippen molar-refractivity contribution in [2.75, 3.05) is 12.5 Å². The van der Waals surface area contributed by atoms with E-state index in [0.717, 1.165) is 12.1 Å². The standard InChI is InChI=1S/C15H12F3N3O3/c1-24-12-4-2-3-10(7-12)9-19-20-13-6-5-11(15(16,17)18)8-14(13)21(22)23/h2-9,20H,1H3/b19-9+. The molecule has 0 aromatic heterocycles. The van der Waals surface area contributed by atoms with Gasteiger partial charge < -0.3 is 4.74 Å². The SMILES string of the molecule is COc1cccc(/C=N/Nc2ccc(C(F)(F)F)cc2[N+](=O)[O-])c1. The highest BCUT2D eigenvalue weighted by Crippen LogP contribution is 2.34. The number of rotatable bonds is 5. The fraction of sp³-hybridized carbons (Fsp3) is 0.133. The van der Waals surface area contributed by atoms with Crippen LogP contribution >= 0.6 is 0 Å². The number of alkyl halides is 3. The molecule has 2 aromatic carbocycles. The minimum atomic E-state index is -4.66. The van der Waals surface area contributed by atoms with Crippen LogP contribution in [0.25, 0.3) is 0 Å². The zero-order chi connectivity index (χ0) is 17.7. The Morgan fingerprint density at radius 2 is 2.00 bits per heavy atom. The Labute approximate surface area is 134 Å². The van der Waals surface area contributed by atoms with E-state index in [1.807, 2.05) is 0 Å². The lowest BCUT2D eigenvalue weighted by Gasteiger charge is -2.08. The lowest BCUT2D eigenvalue weighted by molar-refractivity contribution is -0.384. The molecule has 0 saturated carbocycles. The van der Waals surface area contributed by atoms with Gasteiger partial charge in [-0.2, -0.15) is 18.3 Å². The number of anilines is 1. The second-order valence-corrected chi connectivity index (χ2v) is 4.63. The summed E-state index contributed by atoms with van der Waals surface area (Å²) in [5.41, 5.74) is 1.07. The Morgan fingerprint density at radius 1 is 1.25 bits per heavy atom. The van der Waals surface area contributed by atoms with Crippen LogP contribution in [0.5, 0.6) is 5.75 Å². The second kappa shape index (κ2) is 6.99.